The average molecular weight is 470 g/mol. The topological polar surface area (TPSA) is 57.8 Å². The maximum absolute atomic E-state index is 13.8. The predicted octanol–water partition coefficient (Wildman–Crippen LogP) is 4.83. The number of carbonyl (C=O) groups excluding carboxylic acids is 1. The molecule has 0 unspecified atom stereocenters. The number of anilines is 1. The van der Waals surface area contributed by atoms with Gasteiger partial charge in [-0.1, -0.05) is 48.5 Å². The molecule has 1 aromatic heterocycles. The van der Waals surface area contributed by atoms with Gasteiger partial charge < -0.3 is 19.4 Å². The fraction of sp³-hybridized carbons (Fsp3) is 0.185. The molecule has 2 aliphatic rings. The summed E-state index contributed by atoms with van der Waals surface area (Å²) in [7, 11) is 3.26. The largest absolute Gasteiger partial charge is 0.493 e. The number of thiocarbonyl (C=S) groups is 1. The van der Waals surface area contributed by atoms with E-state index in [1.54, 1.807) is 19.1 Å². The van der Waals surface area contributed by atoms with Gasteiger partial charge in [0.2, 0.25) is 0 Å². The van der Waals surface area contributed by atoms with Crippen LogP contribution in [0.3, 0.4) is 0 Å². The fourth-order valence-corrected chi connectivity index (χ4v) is 5.77. The second-order valence-corrected chi connectivity index (χ2v) is 8.83. The van der Waals surface area contributed by atoms with E-state index >= 15 is 0 Å². The van der Waals surface area contributed by atoms with Crippen LogP contribution in [0.2, 0.25) is 0 Å². The van der Waals surface area contributed by atoms with Crippen molar-refractivity contribution in [2.75, 3.05) is 19.1 Å². The number of benzene rings is 3. The van der Waals surface area contributed by atoms with Crippen LogP contribution in [-0.2, 0) is 11.2 Å². The molecule has 4 aromatic rings. The fourth-order valence-electron chi connectivity index (χ4n) is 5.34. The van der Waals surface area contributed by atoms with E-state index in [-0.39, 0.29) is 11.9 Å². The highest BCUT2D eigenvalue weighted by Crippen LogP contribution is 2.48. The number of fused-ring (bicyclic) bond motifs is 4. The van der Waals surface area contributed by atoms with Crippen LogP contribution in [0.1, 0.15) is 22.9 Å². The zero-order valence-corrected chi connectivity index (χ0v) is 19.6. The monoisotopic (exact) mass is 469 g/mol. The summed E-state index contributed by atoms with van der Waals surface area (Å²) in [5.41, 5.74) is 4.87. The molecular weight excluding hydrogens is 446 g/mol. The molecule has 3 aromatic carbocycles. The van der Waals surface area contributed by atoms with Gasteiger partial charge >= 0.3 is 0 Å². The Kier molecular flexibility index (Phi) is 4.81. The third kappa shape index (κ3) is 2.86. The zero-order chi connectivity index (χ0) is 23.4. The predicted molar refractivity (Wildman–Crippen MR) is 136 cm³/mol. The van der Waals surface area contributed by atoms with Crippen LogP contribution in [0, 0.1) is 0 Å². The van der Waals surface area contributed by atoms with E-state index in [2.05, 4.69) is 22.0 Å². The highest BCUT2D eigenvalue weighted by molar-refractivity contribution is 7.80. The van der Waals surface area contributed by atoms with Crippen molar-refractivity contribution >= 4 is 39.8 Å². The molecule has 3 heterocycles. The molecule has 34 heavy (non-hydrogen) atoms. The normalized spacial score (nSPS) is 19.4. The van der Waals surface area contributed by atoms with E-state index in [1.165, 1.54) is 0 Å². The van der Waals surface area contributed by atoms with Crippen LogP contribution in [0.5, 0.6) is 11.5 Å². The number of nitrogens with one attached hydrogen (secondary N) is 1. The molecule has 6 rings (SSSR count). The summed E-state index contributed by atoms with van der Waals surface area (Å²) in [6, 6.07) is 22.9. The van der Waals surface area contributed by atoms with Gasteiger partial charge in [-0.15, -0.1) is 0 Å². The molecule has 1 saturated heterocycles. The molecule has 1 N–H and O–H groups in total. The summed E-state index contributed by atoms with van der Waals surface area (Å²) in [6.45, 7) is 0. The molecule has 0 aliphatic carbocycles. The number of para-hydroxylation sites is 3. The van der Waals surface area contributed by atoms with Gasteiger partial charge in [0.15, 0.2) is 16.6 Å². The number of hydrogen-bond donors (Lipinski definition) is 1. The average Bonchev–Trinajstić information content (AvgIpc) is 3.37. The molecule has 1 fully saturated rings. The second kappa shape index (κ2) is 7.88. The van der Waals surface area contributed by atoms with Crippen molar-refractivity contribution in [3.63, 3.8) is 0 Å². The van der Waals surface area contributed by atoms with Gasteiger partial charge in [-0.3, -0.25) is 9.69 Å². The third-order valence-corrected chi connectivity index (χ3v) is 7.18. The summed E-state index contributed by atoms with van der Waals surface area (Å²) in [5, 5.41) is 1.61. The lowest BCUT2D eigenvalue weighted by Crippen LogP contribution is -2.44. The second-order valence-electron chi connectivity index (χ2n) is 8.47. The maximum atomic E-state index is 13.8. The van der Waals surface area contributed by atoms with E-state index in [9.17, 15) is 4.79 Å². The van der Waals surface area contributed by atoms with Crippen molar-refractivity contribution in [1.82, 2.24) is 9.88 Å². The number of amides is 1. The van der Waals surface area contributed by atoms with Gasteiger partial charge in [-0.2, -0.15) is 0 Å². The lowest BCUT2D eigenvalue weighted by molar-refractivity contribution is -0.120. The molecule has 0 spiro atoms. The van der Waals surface area contributed by atoms with Gasteiger partial charge in [0.25, 0.3) is 5.91 Å². The SMILES string of the molecule is COc1cccc([C@H]2c3[nH]c4ccccc4c3C[C@@H]3C(=O)N(c4ccccc4)C(=S)N23)c1OC. The quantitative estimate of drug-likeness (QED) is 0.434. The molecule has 170 valence electrons. The first-order valence-corrected chi connectivity index (χ1v) is 11.6. The number of carbonyl (C=O) groups is 1. The molecular formula is C27H23N3O3S. The Bertz CT molecular complexity index is 1430. The Balaban J connectivity index is 1.60. The van der Waals surface area contributed by atoms with E-state index in [1.807, 2.05) is 60.7 Å². The van der Waals surface area contributed by atoms with Crippen molar-refractivity contribution in [2.45, 2.75) is 18.5 Å². The summed E-state index contributed by atoms with van der Waals surface area (Å²) in [5.74, 6) is 1.25. The minimum Gasteiger partial charge on any atom is -0.493 e. The minimum absolute atomic E-state index is 0.0148. The first-order chi connectivity index (χ1) is 16.6. The lowest BCUT2D eigenvalue weighted by atomic mass is 9.88. The Morgan fingerprint density at radius 3 is 2.47 bits per heavy atom. The summed E-state index contributed by atoms with van der Waals surface area (Å²) in [6.07, 6.45) is 0.574. The van der Waals surface area contributed by atoms with Crippen molar-refractivity contribution < 1.29 is 14.3 Å². The van der Waals surface area contributed by atoms with Crippen LogP contribution in [0.4, 0.5) is 5.69 Å². The van der Waals surface area contributed by atoms with Gasteiger partial charge in [0.1, 0.15) is 12.1 Å². The molecule has 0 saturated carbocycles. The molecule has 1 amide bonds. The van der Waals surface area contributed by atoms with Gasteiger partial charge in [0, 0.05) is 28.6 Å². The molecule has 0 bridgehead atoms. The summed E-state index contributed by atoms with van der Waals surface area (Å²) < 4.78 is 11.4. The lowest BCUT2D eigenvalue weighted by Gasteiger charge is -2.38. The van der Waals surface area contributed by atoms with Gasteiger partial charge in [-0.05, 0) is 42.0 Å². The highest BCUT2D eigenvalue weighted by Gasteiger charge is 2.51. The van der Waals surface area contributed by atoms with E-state index in [4.69, 9.17) is 21.7 Å². The number of methoxy groups -OCH3 is 2. The molecule has 0 radical (unpaired) electrons. The number of H-pyrrole nitrogens is 1. The first-order valence-electron chi connectivity index (χ1n) is 11.2. The third-order valence-electron chi connectivity index (χ3n) is 6.79. The van der Waals surface area contributed by atoms with Crippen molar-refractivity contribution in [3.8, 4) is 11.5 Å². The van der Waals surface area contributed by atoms with E-state index < -0.39 is 6.04 Å². The minimum atomic E-state index is -0.416. The zero-order valence-electron chi connectivity index (χ0n) is 18.8. The first kappa shape index (κ1) is 20.7. The van der Waals surface area contributed by atoms with Gasteiger partial charge in [0.05, 0.1) is 19.9 Å². The van der Waals surface area contributed by atoms with Crippen LogP contribution >= 0.6 is 12.2 Å². The number of rotatable bonds is 4. The van der Waals surface area contributed by atoms with Crippen LogP contribution < -0.4 is 14.4 Å². The smallest absolute Gasteiger partial charge is 0.256 e. The summed E-state index contributed by atoms with van der Waals surface area (Å²) in [4.78, 5) is 21.1. The number of nitrogens with zero attached hydrogens (tertiary/aromatic N) is 2. The Hall–Kier alpha value is -3.84. The number of aromatic nitrogens is 1. The Labute approximate surface area is 202 Å². The van der Waals surface area contributed by atoms with E-state index in [0.717, 1.165) is 33.4 Å². The molecule has 7 heteroatoms. The molecule has 2 aliphatic heterocycles. The Morgan fingerprint density at radius 2 is 1.71 bits per heavy atom. The van der Waals surface area contributed by atoms with Gasteiger partial charge in [-0.25, -0.2) is 0 Å². The van der Waals surface area contributed by atoms with Crippen LogP contribution in [-0.4, -0.2) is 41.2 Å². The number of ether oxygens (including phenoxy) is 2. The van der Waals surface area contributed by atoms with E-state index in [0.29, 0.717) is 23.0 Å². The van der Waals surface area contributed by atoms with Crippen molar-refractivity contribution in [3.05, 3.63) is 89.6 Å². The number of aromatic amines is 1. The standard InChI is InChI=1S/C27H23N3O3S/c1-32-22-14-8-12-18(25(22)33-2)24-23-19(17-11-6-7-13-20(17)28-23)15-21-26(31)29(27(34)30(21)24)16-9-4-3-5-10-16/h3-14,21,24,28H,15H2,1-2H3/t21-,24+/m1/s1. The van der Waals surface area contributed by atoms with Crippen LogP contribution in [0.25, 0.3) is 10.9 Å². The van der Waals surface area contributed by atoms with Crippen molar-refractivity contribution in [2.24, 2.45) is 0 Å². The Morgan fingerprint density at radius 1 is 0.941 bits per heavy atom. The summed E-state index contributed by atoms with van der Waals surface area (Å²) >= 11 is 5.97. The molecule has 2 atom stereocenters. The molecule has 6 nitrogen and oxygen atoms in total. The number of hydrogen-bond acceptors (Lipinski definition) is 4. The highest BCUT2D eigenvalue weighted by atomic mass is 32.1. The van der Waals surface area contributed by atoms with Crippen molar-refractivity contribution in [1.29, 1.82) is 0 Å². The maximum Gasteiger partial charge on any atom is 0.256 e. The van der Waals surface area contributed by atoms with Crippen LogP contribution in [0.15, 0.2) is 72.8 Å².